The largest absolute Gasteiger partial charge is 0.452 e. The van der Waals surface area contributed by atoms with E-state index in [4.69, 9.17) is 4.74 Å². The lowest BCUT2D eigenvalue weighted by Gasteiger charge is -2.23. The van der Waals surface area contributed by atoms with Crippen molar-refractivity contribution in [3.05, 3.63) is 102 Å². The monoisotopic (exact) mass is 421 g/mol. The highest BCUT2D eigenvalue weighted by Gasteiger charge is 2.19. The summed E-state index contributed by atoms with van der Waals surface area (Å²) in [7, 11) is -1.33. The lowest BCUT2D eigenvalue weighted by atomic mass is 10.1. The van der Waals surface area contributed by atoms with Gasteiger partial charge in [-0.3, -0.25) is 9.00 Å². The number of benzene rings is 3. The third kappa shape index (κ3) is 5.87. The maximum absolute atomic E-state index is 12.9. The Kier molecular flexibility index (Phi) is 7.51. The Bertz CT molecular complexity index is 980. The molecule has 0 saturated heterocycles. The molecule has 1 atom stereocenters. The summed E-state index contributed by atoms with van der Waals surface area (Å²) in [6.45, 7) is 0.423. The van der Waals surface area contributed by atoms with Gasteiger partial charge in [0.25, 0.3) is 5.91 Å². The Morgan fingerprint density at radius 1 is 0.800 bits per heavy atom. The Labute approximate surface area is 178 Å². The highest BCUT2D eigenvalue weighted by molar-refractivity contribution is 7.84. The van der Waals surface area contributed by atoms with Gasteiger partial charge in [0.05, 0.1) is 21.3 Å². The van der Waals surface area contributed by atoms with Crippen molar-refractivity contribution in [1.82, 2.24) is 4.90 Å². The zero-order chi connectivity index (χ0) is 21.3. The predicted octanol–water partition coefficient (Wildman–Crippen LogP) is 3.81. The molecule has 0 unspecified atom stereocenters. The molecule has 0 spiro atoms. The number of esters is 1. The van der Waals surface area contributed by atoms with Crippen molar-refractivity contribution in [2.24, 2.45) is 0 Å². The lowest BCUT2D eigenvalue weighted by molar-refractivity contribution is -0.135. The van der Waals surface area contributed by atoms with Crippen LogP contribution in [0.4, 0.5) is 0 Å². The van der Waals surface area contributed by atoms with E-state index in [0.717, 1.165) is 11.1 Å². The molecule has 0 aliphatic carbocycles. The number of ether oxygens (including phenoxy) is 1. The number of amides is 1. The van der Waals surface area contributed by atoms with E-state index < -0.39 is 16.8 Å². The van der Waals surface area contributed by atoms with Crippen molar-refractivity contribution >= 4 is 22.7 Å². The van der Waals surface area contributed by atoms with Crippen molar-refractivity contribution in [3.63, 3.8) is 0 Å². The van der Waals surface area contributed by atoms with Gasteiger partial charge >= 0.3 is 5.97 Å². The van der Waals surface area contributed by atoms with Crippen LogP contribution in [0.25, 0.3) is 0 Å². The fourth-order valence-corrected chi connectivity index (χ4v) is 3.75. The van der Waals surface area contributed by atoms with Crippen LogP contribution in [0, 0.1) is 0 Å². The molecular weight excluding hydrogens is 398 g/mol. The van der Waals surface area contributed by atoms with Gasteiger partial charge in [-0.1, -0.05) is 72.8 Å². The van der Waals surface area contributed by atoms with Gasteiger partial charge in [-0.05, 0) is 23.3 Å². The fraction of sp³-hybridized carbons (Fsp3) is 0.167. The van der Waals surface area contributed by atoms with E-state index >= 15 is 0 Å². The van der Waals surface area contributed by atoms with Crippen LogP contribution < -0.4 is 0 Å². The third-order valence-corrected chi connectivity index (χ3v) is 5.50. The summed E-state index contributed by atoms with van der Waals surface area (Å²) in [5.74, 6) is -0.959. The topological polar surface area (TPSA) is 63.7 Å². The lowest BCUT2D eigenvalue weighted by Crippen LogP contribution is -2.34. The SMILES string of the molecule is C[S@@](=O)c1ccccc1C(=O)OCC(=O)N(Cc1ccccc1)Cc1ccccc1. The summed E-state index contributed by atoms with van der Waals surface area (Å²) >= 11 is 0. The minimum Gasteiger partial charge on any atom is -0.452 e. The molecular formula is C24H23NO4S. The second-order valence-electron chi connectivity index (χ2n) is 6.75. The molecule has 154 valence electrons. The summed E-state index contributed by atoms with van der Waals surface area (Å²) in [6, 6.07) is 25.9. The number of carbonyl (C=O) groups excluding carboxylic acids is 2. The number of rotatable bonds is 8. The van der Waals surface area contributed by atoms with E-state index in [9.17, 15) is 13.8 Å². The first-order valence-corrected chi connectivity index (χ1v) is 11.1. The van der Waals surface area contributed by atoms with Crippen molar-refractivity contribution in [2.75, 3.05) is 12.9 Å². The first-order valence-electron chi connectivity index (χ1n) is 9.50. The molecule has 0 aliphatic rings. The van der Waals surface area contributed by atoms with Gasteiger partial charge in [-0.2, -0.15) is 0 Å². The maximum atomic E-state index is 12.9. The molecule has 3 aromatic carbocycles. The molecule has 0 fully saturated rings. The summed E-state index contributed by atoms with van der Waals surface area (Å²) in [5.41, 5.74) is 2.18. The normalized spacial score (nSPS) is 11.5. The average molecular weight is 422 g/mol. The molecule has 3 rings (SSSR count). The first kappa shape index (κ1) is 21.5. The van der Waals surface area contributed by atoms with Crippen LogP contribution in [-0.2, 0) is 33.4 Å². The number of hydrogen-bond acceptors (Lipinski definition) is 4. The van der Waals surface area contributed by atoms with Crippen LogP contribution in [0.3, 0.4) is 0 Å². The standard InChI is InChI=1S/C24H23NO4S/c1-30(28)22-15-9-8-14-21(22)24(27)29-18-23(26)25(16-19-10-4-2-5-11-19)17-20-12-6-3-7-13-20/h2-15H,16-18H2,1H3/t30-/m1/s1. The number of hydrogen-bond donors (Lipinski definition) is 0. The van der Waals surface area contributed by atoms with Crippen LogP contribution in [0.15, 0.2) is 89.8 Å². The van der Waals surface area contributed by atoms with Gasteiger partial charge in [0.1, 0.15) is 0 Å². The summed E-state index contributed by atoms with van der Waals surface area (Å²) in [5, 5.41) is 0. The number of carbonyl (C=O) groups is 2. The Balaban J connectivity index is 1.71. The van der Waals surface area contributed by atoms with E-state index in [1.54, 1.807) is 29.2 Å². The van der Waals surface area contributed by atoms with E-state index in [-0.39, 0.29) is 18.1 Å². The molecule has 0 heterocycles. The van der Waals surface area contributed by atoms with Gasteiger partial charge in [-0.25, -0.2) is 4.79 Å². The van der Waals surface area contributed by atoms with Gasteiger partial charge in [0.15, 0.2) is 6.61 Å². The van der Waals surface area contributed by atoms with E-state index in [2.05, 4.69) is 0 Å². The second kappa shape index (κ2) is 10.5. The minimum atomic E-state index is -1.33. The fourth-order valence-electron chi connectivity index (χ4n) is 3.02. The Morgan fingerprint density at radius 3 is 1.83 bits per heavy atom. The van der Waals surface area contributed by atoms with Crippen molar-refractivity contribution in [3.8, 4) is 0 Å². The third-order valence-electron chi connectivity index (χ3n) is 4.53. The highest BCUT2D eigenvalue weighted by Crippen LogP contribution is 2.15. The van der Waals surface area contributed by atoms with Gasteiger partial charge in [-0.15, -0.1) is 0 Å². The number of nitrogens with zero attached hydrogens (tertiary/aromatic N) is 1. The van der Waals surface area contributed by atoms with E-state index in [0.29, 0.717) is 18.0 Å². The Morgan fingerprint density at radius 2 is 1.30 bits per heavy atom. The van der Waals surface area contributed by atoms with Gasteiger partial charge < -0.3 is 9.64 Å². The summed E-state index contributed by atoms with van der Waals surface area (Å²) in [6.07, 6.45) is 1.50. The van der Waals surface area contributed by atoms with Crippen molar-refractivity contribution in [2.45, 2.75) is 18.0 Å². The molecule has 0 aromatic heterocycles. The smallest absolute Gasteiger partial charge is 0.339 e. The van der Waals surface area contributed by atoms with Crippen molar-refractivity contribution in [1.29, 1.82) is 0 Å². The molecule has 0 aliphatic heterocycles. The molecule has 6 heteroatoms. The van der Waals surface area contributed by atoms with Gasteiger partial charge in [0.2, 0.25) is 0 Å². The Hall–Kier alpha value is -3.25. The predicted molar refractivity (Wildman–Crippen MR) is 116 cm³/mol. The van der Waals surface area contributed by atoms with E-state index in [1.807, 2.05) is 60.7 Å². The quantitative estimate of drug-likeness (QED) is 0.519. The van der Waals surface area contributed by atoms with Crippen LogP contribution in [0.2, 0.25) is 0 Å². The first-order chi connectivity index (χ1) is 14.5. The molecule has 3 aromatic rings. The zero-order valence-corrected chi connectivity index (χ0v) is 17.5. The van der Waals surface area contributed by atoms with Crippen LogP contribution in [0.1, 0.15) is 21.5 Å². The highest BCUT2D eigenvalue weighted by atomic mass is 32.2. The van der Waals surface area contributed by atoms with Crippen LogP contribution >= 0.6 is 0 Å². The molecule has 0 bridgehead atoms. The zero-order valence-electron chi connectivity index (χ0n) is 16.7. The van der Waals surface area contributed by atoms with E-state index in [1.165, 1.54) is 6.26 Å². The molecule has 0 radical (unpaired) electrons. The molecule has 0 saturated carbocycles. The van der Waals surface area contributed by atoms with Crippen molar-refractivity contribution < 1.29 is 18.5 Å². The average Bonchev–Trinajstić information content (AvgIpc) is 2.78. The molecule has 0 N–H and O–H groups in total. The molecule has 1 amide bonds. The van der Waals surface area contributed by atoms with Gasteiger partial charge in [0, 0.05) is 19.3 Å². The molecule has 5 nitrogen and oxygen atoms in total. The second-order valence-corrected chi connectivity index (χ2v) is 8.10. The maximum Gasteiger partial charge on any atom is 0.339 e. The summed E-state index contributed by atoms with van der Waals surface area (Å²) in [4.78, 5) is 27.4. The molecule has 30 heavy (non-hydrogen) atoms. The minimum absolute atomic E-state index is 0.212. The van der Waals surface area contributed by atoms with Crippen LogP contribution in [-0.4, -0.2) is 33.8 Å². The van der Waals surface area contributed by atoms with Crippen LogP contribution in [0.5, 0.6) is 0 Å². The summed E-state index contributed by atoms with van der Waals surface area (Å²) < 4.78 is 17.1.